The number of nitrogens with zero attached hydrogens (tertiary/aromatic N) is 2. The van der Waals surface area contributed by atoms with E-state index in [4.69, 9.17) is 11.6 Å². The molecule has 0 N–H and O–H groups in total. The molecule has 0 aliphatic heterocycles. The van der Waals surface area contributed by atoms with Crippen molar-refractivity contribution in [3.8, 4) is 0 Å². The van der Waals surface area contributed by atoms with Crippen LogP contribution in [0.1, 0.15) is 38.3 Å². The van der Waals surface area contributed by atoms with Gasteiger partial charge in [0, 0.05) is 24.3 Å². The molecule has 1 heterocycles. The molecule has 2 rings (SSSR count). The van der Waals surface area contributed by atoms with E-state index in [1.165, 1.54) is 31.4 Å². The number of halogens is 1. The maximum absolute atomic E-state index is 6.17. The predicted molar refractivity (Wildman–Crippen MR) is 63.1 cm³/mol. The molecule has 0 spiro atoms. The predicted octanol–water partition coefficient (Wildman–Crippen LogP) is 3.15. The molecular weight excluding hydrogens is 208 g/mol. The number of hydrogen-bond donors (Lipinski definition) is 0. The summed E-state index contributed by atoms with van der Waals surface area (Å²) in [7, 11) is 2.01. The third-order valence-corrected chi connectivity index (χ3v) is 4.06. The average Bonchev–Trinajstić information content (AvgIpc) is 2.71. The molecule has 1 aromatic heterocycles. The summed E-state index contributed by atoms with van der Waals surface area (Å²) in [4.78, 5) is 0. The zero-order valence-corrected chi connectivity index (χ0v) is 10.3. The van der Waals surface area contributed by atoms with E-state index in [0.717, 1.165) is 6.42 Å². The maximum Gasteiger partial charge on any atom is 0.0492 e. The van der Waals surface area contributed by atoms with Gasteiger partial charge in [0.2, 0.25) is 0 Å². The number of alkyl halides is 1. The van der Waals surface area contributed by atoms with Crippen LogP contribution in [-0.2, 0) is 13.5 Å². The van der Waals surface area contributed by atoms with Gasteiger partial charge in [-0.1, -0.05) is 6.92 Å². The first kappa shape index (κ1) is 11.0. The standard InChI is InChI=1S/C12H19ClN2/c1-12(6-3-10(13)9-12)7-4-11-5-8-14-15(11)2/h5,8,10H,3-4,6-7,9H2,1-2H3. The van der Waals surface area contributed by atoms with Crippen LogP contribution in [0.3, 0.4) is 0 Å². The lowest BCUT2D eigenvalue weighted by atomic mass is 9.83. The summed E-state index contributed by atoms with van der Waals surface area (Å²) in [6, 6.07) is 2.11. The maximum atomic E-state index is 6.17. The highest BCUT2D eigenvalue weighted by Gasteiger charge is 2.33. The molecule has 15 heavy (non-hydrogen) atoms. The Bertz CT molecular complexity index is 334. The highest BCUT2D eigenvalue weighted by atomic mass is 35.5. The van der Waals surface area contributed by atoms with Crippen molar-refractivity contribution in [3.63, 3.8) is 0 Å². The minimum atomic E-state index is 0.404. The van der Waals surface area contributed by atoms with Crippen molar-refractivity contribution in [1.82, 2.24) is 9.78 Å². The third-order valence-electron chi connectivity index (χ3n) is 3.68. The summed E-state index contributed by atoms with van der Waals surface area (Å²) < 4.78 is 1.97. The Hall–Kier alpha value is -0.500. The van der Waals surface area contributed by atoms with Crippen molar-refractivity contribution >= 4 is 11.6 Å². The molecule has 1 saturated carbocycles. The molecule has 1 aromatic rings. The second-order valence-corrected chi connectivity index (χ2v) is 5.71. The highest BCUT2D eigenvalue weighted by molar-refractivity contribution is 6.20. The smallest absolute Gasteiger partial charge is 0.0492 e. The topological polar surface area (TPSA) is 17.8 Å². The molecule has 3 heteroatoms. The van der Waals surface area contributed by atoms with E-state index >= 15 is 0 Å². The lowest BCUT2D eigenvalue weighted by molar-refractivity contribution is 0.306. The largest absolute Gasteiger partial charge is 0.273 e. The summed E-state index contributed by atoms with van der Waals surface area (Å²) in [5.41, 5.74) is 1.78. The summed E-state index contributed by atoms with van der Waals surface area (Å²) in [5, 5.41) is 4.59. The fourth-order valence-electron chi connectivity index (χ4n) is 2.55. The second kappa shape index (κ2) is 4.17. The Morgan fingerprint density at radius 2 is 2.47 bits per heavy atom. The van der Waals surface area contributed by atoms with Gasteiger partial charge >= 0.3 is 0 Å². The zero-order valence-electron chi connectivity index (χ0n) is 9.54. The van der Waals surface area contributed by atoms with E-state index in [-0.39, 0.29) is 0 Å². The van der Waals surface area contributed by atoms with Gasteiger partial charge in [-0.05, 0) is 43.6 Å². The van der Waals surface area contributed by atoms with E-state index in [2.05, 4.69) is 18.1 Å². The molecule has 1 aliphatic rings. The molecule has 2 nitrogen and oxygen atoms in total. The molecule has 0 amide bonds. The van der Waals surface area contributed by atoms with Crippen LogP contribution in [0.25, 0.3) is 0 Å². The molecule has 0 aromatic carbocycles. The molecule has 1 fully saturated rings. The van der Waals surface area contributed by atoms with E-state index in [0.29, 0.717) is 10.8 Å². The first-order valence-corrected chi connectivity index (χ1v) is 6.14. The Labute approximate surface area is 96.6 Å². The quantitative estimate of drug-likeness (QED) is 0.724. The van der Waals surface area contributed by atoms with Gasteiger partial charge in [0.15, 0.2) is 0 Å². The fourth-order valence-corrected chi connectivity index (χ4v) is 3.03. The zero-order chi connectivity index (χ0) is 10.9. The van der Waals surface area contributed by atoms with Gasteiger partial charge in [0.25, 0.3) is 0 Å². The van der Waals surface area contributed by atoms with Crippen LogP contribution < -0.4 is 0 Å². The summed E-state index contributed by atoms with van der Waals surface area (Å²) in [6.45, 7) is 2.37. The molecular formula is C12H19ClN2. The van der Waals surface area contributed by atoms with Crippen LogP contribution in [-0.4, -0.2) is 15.2 Å². The van der Waals surface area contributed by atoms with Gasteiger partial charge in [0.05, 0.1) is 0 Å². The summed E-state index contributed by atoms with van der Waals surface area (Å²) in [5.74, 6) is 0. The average molecular weight is 227 g/mol. The number of aryl methyl sites for hydroxylation is 2. The van der Waals surface area contributed by atoms with E-state index < -0.39 is 0 Å². The Kier molecular flexibility index (Phi) is 3.06. The molecule has 0 radical (unpaired) electrons. The molecule has 1 aliphatic carbocycles. The van der Waals surface area contributed by atoms with Gasteiger partial charge in [0.1, 0.15) is 0 Å². The first-order chi connectivity index (χ1) is 7.09. The second-order valence-electron chi connectivity index (χ2n) is 5.10. The van der Waals surface area contributed by atoms with Crippen LogP contribution in [0.4, 0.5) is 0 Å². The number of hydrogen-bond acceptors (Lipinski definition) is 1. The summed E-state index contributed by atoms with van der Waals surface area (Å²) >= 11 is 6.17. The van der Waals surface area contributed by atoms with E-state index in [1.54, 1.807) is 0 Å². The molecule has 0 saturated heterocycles. The monoisotopic (exact) mass is 226 g/mol. The van der Waals surface area contributed by atoms with Crippen molar-refractivity contribution in [1.29, 1.82) is 0 Å². The van der Waals surface area contributed by atoms with Gasteiger partial charge in [-0.25, -0.2) is 0 Å². The molecule has 0 bridgehead atoms. The Morgan fingerprint density at radius 3 is 3.00 bits per heavy atom. The first-order valence-electron chi connectivity index (χ1n) is 5.70. The van der Waals surface area contributed by atoms with Crippen LogP contribution in [0.15, 0.2) is 12.3 Å². The lowest BCUT2D eigenvalue weighted by Gasteiger charge is -2.23. The molecule has 2 unspecified atom stereocenters. The minimum absolute atomic E-state index is 0.404. The third kappa shape index (κ3) is 2.54. The van der Waals surface area contributed by atoms with E-state index in [9.17, 15) is 0 Å². The number of rotatable bonds is 3. The van der Waals surface area contributed by atoms with Gasteiger partial charge in [-0.2, -0.15) is 5.10 Å². The fraction of sp³-hybridized carbons (Fsp3) is 0.750. The van der Waals surface area contributed by atoms with E-state index in [1.807, 2.05) is 17.9 Å². The molecule has 2 atom stereocenters. The Morgan fingerprint density at radius 1 is 1.67 bits per heavy atom. The van der Waals surface area contributed by atoms with Crippen molar-refractivity contribution < 1.29 is 0 Å². The van der Waals surface area contributed by atoms with Gasteiger partial charge in [-0.15, -0.1) is 11.6 Å². The summed E-state index contributed by atoms with van der Waals surface area (Å²) in [6.07, 6.45) is 7.86. The van der Waals surface area contributed by atoms with Gasteiger partial charge in [-0.3, -0.25) is 4.68 Å². The van der Waals surface area contributed by atoms with Gasteiger partial charge < -0.3 is 0 Å². The minimum Gasteiger partial charge on any atom is -0.273 e. The highest BCUT2D eigenvalue weighted by Crippen LogP contribution is 2.43. The van der Waals surface area contributed by atoms with Crippen molar-refractivity contribution in [2.75, 3.05) is 0 Å². The molecule has 84 valence electrons. The van der Waals surface area contributed by atoms with Crippen LogP contribution in [0.5, 0.6) is 0 Å². The normalized spacial score (nSPS) is 31.0. The van der Waals surface area contributed by atoms with Crippen molar-refractivity contribution in [2.24, 2.45) is 12.5 Å². The van der Waals surface area contributed by atoms with Crippen LogP contribution >= 0.6 is 11.6 Å². The van der Waals surface area contributed by atoms with Crippen LogP contribution in [0, 0.1) is 5.41 Å². The SMILES string of the molecule is Cn1nccc1CCC1(C)CCC(Cl)C1. The van der Waals surface area contributed by atoms with Crippen molar-refractivity contribution in [3.05, 3.63) is 18.0 Å². The Balaban J connectivity index is 1.91. The lowest BCUT2D eigenvalue weighted by Crippen LogP contribution is -2.14. The van der Waals surface area contributed by atoms with Crippen LogP contribution in [0.2, 0.25) is 0 Å². The van der Waals surface area contributed by atoms with Crippen molar-refractivity contribution in [2.45, 2.75) is 44.4 Å². The number of aromatic nitrogens is 2.